The molecule has 0 rings (SSSR count). The van der Waals surface area contributed by atoms with E-state index in [4.69, 9.17) is 14.2 Å². The first kappa shape index (κ1) is 62.8. The first-order chi connectivity index (χ1) is 33.0. The van der Waals surface area contributed by atoms with Crippen LogP contribution in [0.25, 0.3) is 0 Å². The number of carbonyl (C=O) groups excluding carboxylic acids is 3. The SMILES string of the molecule is CCC/C=C/C=C/C=C/C=C/C=C/CCCCCCCC(=O)OCC(COC(=O)CC/C=C/C/C=C/CCCCCCCC)OC(=O)CCCCCCC/C=C/C=C/C=C/CCCCCCC. The molecule has 0 aromatic rings. The van der Waals surface area contributed by atoms with Crippen LogP contribution in [0.1, 0.15) is 226 Å². The quantitative estimate of drug-likeness (QED) is 0.0199. The van der Waals surface area contributed by atoms with Gasteiger partial charge in [-0.05, 0) is 83.5 Å². The summed E-state index contributed by atoms with van der Waals surface area (Å²) in [6.45, 7) is 6.42. The lowest BCUT2D eigenvalue weighted by Gasteiger charge is -2.18. The first-order valence-electron chi connectivity index (χ1n) is 27.1. The molecule has 6 heteroatoms. The van der Waals surface area contributed by atoms with Gasteiger partial charge in [0.05, 0.1) is 0 Å². The number of unbranched alkanes of at least 4 members (excludes halogenated alkanes) is 22. The van der Waals surface area contributed by atoms with Gasteiger partial charge in [0, 0.05) is 19.3 Å². The molecule has 0 saturated carbocycles. The van der Waals surface area contributed by atoms with Gasteiger partial charge >= 0.3 is 17.9 Å². The van der Waals surface area contributed by atoms with E-state index < -0.39 is 6.10 Å². The van der Waals surface area contributed by atoms with E-state index >= 15 is 0 Å². The molecule has 0 amide bonds. The molecular formula is C61H98O6. The molecule has 0 aromatic carbocycles. The molecule has 0 saturated heterocycles. The second-order valence-electron chi connectivity index (χ2n) is 17.6. The normalized spacial score (nSPS) is 13.1. The van der Waals surface area contributed by atoms with E-state index in [9.17, 15) is 14.4 Å². The molecule has 0 radical (unpaired) electrons. The summed E-state index contributed by atoms with van der Waals surface area (Å²) < 4.78 is 16.7. The van der Waals surface area contributed by atoms with Crippen LogP contribution in [0.5, 0.6) is 0 Å². The Kier molecular flexibility index (Phi) is 51.0. The summed E-state index contributed by atoms with van der Waals surface area (Å²) in [7, 11) is 0. The summed E-state index contributed by atoms with van der Waals surface area (Å²) in [5.41, 5.74) is 0. The molecule has 67 heavy (non-hydrogen) atoms. The standard InChI is InChI=1S/C61H98O6/c1-4-7-10-13-16-19-22-25-27-29-31-33-36-39-42-45-48-51-54-60(63)66-57-58(56-65-59(62)53-50-47-44-41-38-35-24-21-18-15-12-9-6-3)67-61(64)55-52-49-46-43-40-37-34-32-30-28-26-23-20-17-14-11-8-5-2/h10,13,16,19,22-23,25-35,38,44,47,58H,4-9,11-12,14-15,17-18,20-21,24,36-37,39-43,45-46,48-57H2,1-3H3/b13-10+,19-16+,25-22+,26-23+,29-27+,30-28+,33-31+,34-32+,38-35+,47-44+. The third-order valence-electron chi connectivity index (χ3n) is 11.1. The van der Waals surface area contributed by atoms with Crippen LogP contribution in [0, 0.1) is 0 Å². The third kappa shape index (κ3) is 52.6. The summed E-state index contributed by atoms with van der Waals surface area (Å²) >= 11 is 0. The fraction of sp³-hybridized carbons (Fsp3) is 0.623. The zero-order valence-electron chi connectivity index (χ0n) is 43.1. The molecule has 0 aliphatic heterocycles. The second-order valence-corrected chi connectivity index (χ2v) is 17.6. The van der Waals surface area contributed by atoms with Gasteiger partial charge < -0.3 is 14.2 Å². The number of ether oxygens (including phenoxy) is 3. The maximum absolute atomic E-state index is 12.8. The molecule has 0 spiro atoms. The Morgan fingerprint density at radius 2 is 0.657 bits per heavy atom. The lowest BCUT2D eigenvalue weighted by atomic mass is 10.1. The summed E-state index contributed by atoms with van der Waals surface area (Å²) in [6, 6.07) is 0. The summed E-state index contributed by atoms with van der Waals surface area (Å²) in [4.78, 5) is 38.0. The minimum absolute atomic E-state index is 0.120. The van der Waals surface area contributed by atoms with Gasteiger partial charge in [-0.1, -0.05) is 245 Å². The largest absolute Gasteiger partial charge is 0.462 e. The lowest BCUT2D eigenvalue weighted by molar-refractivity contribution is -0.166. The second kappa shape index (κ2) is 54.4. The zero-order valence-corrected chi connectivity index (χ0v) is 43.1. The summed E-state index contributed by atoms with van der Waals surface area (Å²) in [5.74, 6) is -1.04. The Morgan fingerprint density at radius 3 is 1.10 bits per heavy atom. The van der Waals surface area contributed by atoms with E-state index in [1.165, 1.54) is 77.0 Å². The van der Waals surface area contributed by atoms with Crippen molar-refractivity contribution in [2.24, 2.45) is 0 Å². The van der Waals surface area contributed by atoms with Gasteiger partial charge in [0.2, 0.25) is 0 Å². The molecular weight excluding hydrogens is 829 g/mol. The monoisotopic (exact) mass is 927 g/mol. The molecule has 0 N–H and O–H groups in total. The summed E-state index contributed by atoms with van der Waals surface area (Å²) in [5, 5.41) is 0. The van der Waals surface area contributed by atoms with E-state index in [1.54, 1.807) is 0 Å². The molecule has 1 unspecified atom stereocenters. The number of carbonyl (C=O) groups is 3. The predicted octanol–water partition coefficient (Wildman–Crippen LogP) is 18.1. The highest BCUT2D eigenvalue weighted by Crippen LogP contribution is 2.13. The number of hydrogen-bond donors (Lipinski definition) is 0. The highest BCUT2D eigenvalue weighted by molar-refractivity contribution is 5.71. The van der Waals surface area contributed by atoms with Crippen LogP contribution in [-0.4, -0.2) is 37.2 Å². The van der Waals surface area contributed by atoms with Crippen LogP contribution in [0.15, 0.2) is 122 Å². The van der Waals surface area contributed by atoms with Crippen LogP contribution < -0.4 is 0 Å². The highest BCUT2D eigenvalue weighted by Gasteiger charge is 2.19. The third-order valence-corrected chi connectivity index (χ3v) is 11.1. The maximum atomic E-state index is 12.8. The Labute approximate surface area is 412 Å². The van der Waals surface area contributed by atoms with E-state index in [0.717, 1.165) is 103 Å². The molecule has 0 aromatic heterocycles. The van der Waals surface area contributed by atoms with Gasteiger partial charge in [-0.25, -0.2) is 0 Å². The zero-order chi connectivity index (χ0) is 48.6. The lowest BCUT2D eigenvalue weighted by Crippen LogP contribution is -2.30. The van der Waals surface area contributed by atoms with Crippen molar-refractivity contribution in [3.05, 3.63) is 122 Å². The van der Waals surface area contributed by atoms with E-state index in [1.807, 2.05) is 42.5 Å². The fourth-order valence-corrected chi connectivity index (χ4v) is 7.00. The Bertz CT molecular complexity index is 1440. The van der Waals surface area contributed by atoms with Crippen LogP contribution in [-0.2, 0) is 28.6 Å². The molecule has 0 aliphatic rings. The number of hydrogen-bond acceptors (Lipinski definition) is 6. The van der Waals surface area contributed by atoms with Crippen molar-refractivity contribution in [1.82, 2.24) is 0 Å². The van der Waals surface area contributed by atoms with Crippen LogP contribution in [0.3, 0.4) is 0 Å². The van der Waals surface area contributed by atoms with Crippen molar-refractivity contribution >= 4 is 17.9 Å². The molecule has 0 heterocycles. The van der Waals surface area contributed by atoms with E-state index in [0.29, 0.717) is 12.8 Å². The van der Waals surface area contributed by atoms with Crippen molar-refractivity contribution in [2.45, 2.75) is 232 Å². The number of rotatable bonds is 47. The van der Waals surface area contributed by atoms with E-state index in [2.05, 4.69) is 99.8 Å². The van der Waals surface area contributed by atoms with Crippen LogP contribution in [0.2, 0.25) is 0 Å². The van der Waals surface area contributed by atoms with Crippen molar-refractivity contribution in [3.8, 4) is 0 Å². The van der Waals surface area contributed by atoms with Crippen LogP contribution in [0.4, 0.5) is 0 Å². The van der Waals surface area contributed by atoms with Gasteiger partial charge in [0.1, 0.15) is 13.2 Å². The molecule has 6 nitrogen and oxygen atoms in total. The number of allylic oxidation sites excluding steroid dienone is 20. The van der Waals surface area contributed by atoms with Crippen molar-refractivity contribution in [2.75, 3.05) is 13.2 Å². The van der Waals surface area contributed by atoms with Crippen molar-refractivity contribution in [3.63, 3.8) is 0 Å². The minimum Gasteiger partial charge on any atom is -0.462 e. The van der Waals surface area contributed by atoms with Gasteiger partial charge in [-0.3, -0.25) is 14.4 Å². The Balaban J connectivity index is 4.56. The molecule has 378 valence electrons. The molecule has 0 fully saturated rings. The minimum atomic E-state index is -0.826. The molecule has 0 aliphatic carbocycles. The smallest absolute Gasteiger partial charge is 0.306 e. The average Bonchev–Trinajstić information content (AvgIpc) is 3.33. The van der Waals surface area contributed by atoms with Crippen LogP contribution >= 0.6 is 0 Å². The van der Waals surface area contributed by atoms with Crippen molar-refractivity contribution < 1.29 is 28.6 Å². The van der Waals surface area contributed by atoms with E-state index in [-0.39, 0.29) is 44.0 Å². The van der Waals surface area contributed by atoms with Gasteiger partial charge in [0.15, 0.2) is 6.10 Å². The Hall–Kier alpha value is -4.19. The molecule has 1 atom stereocenters. The van der Waals surface area contributed by atoms with Gasteiger partial charge in [-0.15, -0.1) is 0 Å². The Morgan fingerprint density at radius 1 is 0.313 bits per heavy atom. The average molecular weight is 927 g/mol. The number of esters is 3. The first-order valence-corrected chi connectivity index (χ1v) is 27.1. The predicted molar refractivity (Wildman–Crippen MR) is 288 cm³/mol. The van der Waals surface area contributed by atoms with Crippen molar-refractivity contribution in [1.29, 1.82) is 0 Å². The topological polar surface area (TPSA) is 78.9 Å². The van der Waals surface area contributed by atoms with Gasteiger partial charge in [0.25, 0.3) is 0 Å². The maximum Gasteiger partial charge on any atom is 0.306 e. The highest BCUT2D eigenvalue weighted by atomic mass is 16.6. The molecule has 0 bridgehead atoms. The summed E-state index contributed by atoms with van der Waals surface area (Å²) in [6.07, 6.45) is 74.7. The van der Waals surface area contributed by atoms with Gasteiger partial charge in [-0.2, -0.15) is 0 Å². The fourth-order valence-electron chi connectivity index (χ4n) is 7.00.